The van der Waals surface area contributed by atoms with Gasteiger partial charge in [0.1, 0.15) is 0 Å². The summed E-state index contributed by atoms with van der Waals surface area (Å²) in [4.78, 5) is 16.8. The smallest absolute Gasteiger partial charge is 0.275 e. The van der Waals surface area contributed by atoms with Gasteiger partial charge in [0, 0.05) is 28.9 Å². The van der Waals surface area contributed by atoms with Crippen LogP contribution in [0.3, 0.4) is 0 Å². The van der Waals surface area contributed by atoms with Crippen molar-refractivity contribution < 1.29 is 0 Å². The van der Waals surface area contributed by atoms with Crippen LogP contribution in [0, 0.1) is 20.8 Å². The van der Waals surface area contributed by atoms with Crippen LogP contribution < -0.4 is 5.56 Å². The maximum atomic E-state index is 12.3. The zero-order chi connectivity index (χ0) is 14.3. The molecular weight excluding hydrogens is 250 g/mol. The number of aromatic nitrogens is 3. The number of benzene rings is 1. The molecule has 0 spiro atoms. The number of hydrogen-bond acceptors (Lipinski definition) is 2. The molecule has 0 fully saturated rings. The Morgan fingerprint density at radius 2 is 1.85 bits per heavy atom. The Hall–Kier alpha value is -2.36. The molecule has 0 bridgehead atoms. The summed E-state index contributed by atoms with van der Waals surface area (Å²) in [5, 5.41) is 3.13. The summed E-state index contributed by atoms with van der Waals surface area (Å²) in [6.45, 7) is 5.67. The number of fused-ring (bicyclic) bond motifs is 1. The maximum Gasteiger partial charge on any atom is 0.275 e. The van der Waals surface area contributed by atoms with Gasteiger partial charge in [-0.1, -0.05) is 30.3 Å². The van der Waals surface area contributed by atoms with E-state index in [-0.39, 0.29) is 5.56 Å². The molecule has 0 radical (unpaired) electrons. The monoisotopic (exact) mass is 267 g/mol. The number of nitrogens with zero attached hydrogens (tertiary/aromatic N) is 2. The Balaban J connectivity index is 2.21. The fraction of sp³-hybridized carbons (Fsp3) is 0.250. The number of H-pyrrole nitrogens is 1. The molecule has 0 atom stereocenters. The molecule has 4 nitrogen and oxygen atoms in total. The minimum Gasteiger partial charge on any atom is -0.294 e. The molecule has 0 saturated heterocycles. The quantitative estimate of drug-likeness (QED) is 0.775. The highest BCUT2D eigenvalue weighted by Crippen LogP contribution is 2.17. The van der Waals surface area contributed by atoms with Crippen LogP contribution in [0.5, 0.6) is 0 Å². The Bertz CT molecular complexity index is 828. The fourth-order valence-corrected chi connectivity index (χ4v) is 2.43. The van der Waals surface area contributed by atoms with E-state index in [1.165, 1.54) is 5.56 Å². The van der Waals surface area contributed by atoms with Gasteiger partial charge in [-0.3, -0.25) is 9.89 Å². The topological polar surface area (TPSA) is 50.2 Å². The number of aromatic amines is 1. The van der Waals surface area contributed by atoms with E-state index in [9.17, 15) is 4.79 Å². The molecule has 1 N–H and O–H groups in total. The molecule has 102 valence electrons. The predicted octanol–water partition coefficient (Wildman–Crippen LogP) is 2.54. The molecule has 0 amide bonds. The van der Waals surface area contributed by atoms with E-state index in [2.05, 4.69) is 22.2 Å². The Morgan fingerprint density at radius 3 is 2.55 bits per heavy atom. The van der Waals surface area contributed by atoms with Crippen LogP contribution in [0.25, 0.3) is 5.65 Å². The van der Waals surface area contributed by atoms with E-state index in [1.54, 1.807) is 4.52 Å². The lowest BCUT2D eigenvalue weighted by Gasteiger charge is -2.03. The van der Waals surface area contributed by atoms with Crippen LogP contribution in [0.2, 0.25) is 0 Å². The van der Waals surface area contributed by atoms with Crippen LogP contribution in [-0.4, -0.2) is 14.6 Å². The SMILES string of the molecule is Cc1nc2c(Cc3ccccc3)c(C)[nH]n2c(=O)c1C. The van der Waals surface area contributed by atoms with E-state index >= 15 is 0 Å². The second-order valence-corrected chi connectivity index (χ2v) is 5.16. The van der Waals surface area contributed by atoms with Gasteiger partial charge in [-0.2, -0.15) is 0 Å². The van der Waals surface area contributed by atoms with Crippen molar-refractivity contribution in [1.29, 1.82) is 0 Å². The average Bonchev–Trinajstić information content (AvgIpc) is 2.75. The summed E-state index contributed by atoms with van der Waals surface area (Å²) >= 11 is 0. The minimum absolute atomic E-state index is 0.0186. The third-order valence-corrected chi connectivity index (χ3v) is 3.78. The lowest BCUT2D eigenvalue weighted by Crippen LogP contribution is -2.19. The maximum absolute atomic E-state index is 12.3. The molecule has 0 saturated carbocycles. The third-order valence-electron chi connectivity index (χ3n) is 3.78. The van der Waals surface area contributed by atoms with Crippen molar-refractivity contribution in [3.05, 3.63) is 68.8 Å². The largest absolute Gasteiger partial charge is 0.294 e. The van der Waals surface area contributed by atoms with Crippen LogP contribution in [0.15, 0.2) is 35.1 Å². The van der Waals surface area contributed by atoms with Gasteiger partial charge in [0.2, 0.25) is 0 Å². The van der Waals surface area contributed by atoms with Gasteiger partial charge >= 0.3 is 0 Å². The van der Waals surface area contributed by atoms with Crippen LogP contribution in [0.1, 0.15) is 28.1 Å². The zero-order valence-corrected chi connectivity index (χ0v) is 11.9. The van der Waals surface area contributed by atoms with E-state index in [0.717, 1.165) is 29.0 Å². The number of nitrogens with one attached hydrogen (secondary N) is 1. The summed E-state index contributed by atoms with van der Waals surface area (Å²) < 4.78 is 1.55. The predicted molar refractivity (Wildman–Crippen MR) is 79.3 cm³/mol. The summed E-state index contributed by atoms with van der Waals surface area (Å²) in [6, 6.07) is 10.2. The van der Waals surface area contributed by atoms with Crippen molar-refractivity contribution in [2.45, 2.75) is 27.2 Å². The highest BCUT2D eigenvalue weighted by molar-refractivity contribution is 5.53. The second-order valence-electron chi connectivity index (χ2n) is 5.16. The number of rotatable bonds is 2. The second kappa shape index (κ2) is 4.63. The number of hydrogen-bond donors (Lipinski definition) is 1. The zero-order valence-electron chi connectivity index (χ0n) is 11.9. The van der Waals surface area contributed by atoms with E-state index < -0.39 is 0 Å². The van der Waals surface area contributed by atoms with Gasteiger partial charge in [0.25, 0.3) is 5.56 Å². The first kappa shape index (κ1) is 12.7. The third kappa shape index (κ3) is 1.93. The lowest BCUT2D eigenvalue weighted by molar-refractivity contribution is 0.859. The van der Waals surface area contributed by atoms with Crippen molar-refractivity contribution in [1.82, 2.24) is 14.6 Å². The Labute approximate surface area is 117 Å². The molecule has 2 heterocycles. The van der Waals surface area contributed by atoms with E-state index in [4.69, 9.17) is 0 Å². The highest BCUT2D eigenvalue weighted by Gasteiger charge is 2.14. The molecule has 3 aromatic rings. The fourth-order valence-electron chi connectivity index (χ4n) is 2.43. The molecule has 0 aliphatic heterocycles. The minimum atomic E-state index is -0.0186. The van der Waals surface area contributed by atoms with Crippen molar-refractivity contribution >= 4 is 5.65 Å². The molecule has 2 aromatic heterocycles. The van der Waals surface area contributed by atoms with Gasteiger partial charge in [0.05, 0.1) is 0 Å². The summed E-state index contributed by atoms with van der Waals surface area (Å²) in [6.07, 6.45) is 0.772. The van der Waals surface area contributed by atoms with Crippen molar-refractivity contribution in [3.63, 3.8) is 0 Å². The summed E-state index contributed by atoms with van der Waals surface area (Å²) in [5.74, 6) is 0. The van der Waals surface area contributed by atoms with Crippen LogP contribution in [-0.2, 0) is 6.42 Å². The molecular formula is C16H17N3O. The Morgan fingerprint density at radius 1 is 1.15 bits per heavy atom. The van der Waals surface area contributed by atoms with Crippen LogP contribution in [0.4, 0.5) is 0 Å². The highest BCUT2D eigenvalue weighted by atomic mass is 16.1. The van der Waals surface area contributed by atoms with Crippen molar-refractivity contribution in [3.8, 4) is 0 Å². The van der Waals surface area contributed by atoms with Gasteiger partial charge in [-0.05, 0) is 26.3 Å². The van der Waals surface area contributed by atoms with E-state index in [1.807, 2.05) is 39.0 Å². The van der Waals surface area contributed by atoms with Gasteiger partial charge in [-0.15, -0.1) is 0 Å². The Kier molecular flexibility index (Phi) is 2.93. The van der Waals surface area contributed by atoms with Gasteiger partial charge < -0.3 is 0 Å². The van der Waals surface area contributed by atoms with Crippen molar-refractivity contribution in [2.24, 2.45) is 0 Å². The molecule has 3 rings (SSSR count). The van der Waals surface area contributed by atoms with Gasteiger partial charge in [-0.25, -0.2) is 9.50 Å². The average molecular weight is 267 g/mol. The molecule has 1 aromatic carbocycles. The summed E-state index contributed by atoms with van der Waals surface area (Å²) in [5.41, 5.74) is 5.48. The lowest BCUT2D eigenvalue weighted by atomic mass is 10.1. The first-order valence-electron chi connectivity index (χ1n) is 6.69. The number of aryl methyl sites for hydroxylation is 2. The molecule has 0 unspecified atom stereocenters. The standard InChI is InChI=1S/C16H17N3O/c1-10-11(2)17-15-14(9-13-7-5-4-6-8-13)12(3)18-19(15)16(10)20/h4-8,18H,9H2,1-3H3. The van der Waals surface area contributed by atoms with Crippen molar-refractivity contribution in [2.75, 3.05) is 0 Å². The van der Waals surface area contributed by atoms with Gasteiger partial charge in [0.15, 0.2) is 5.65 Å². The van der Waals surface area contributed by atoms with Crippen LogP contribution >= 0.6 is 0 Å². The normalized spacial score (nSPS) is 11.2. The first-order valence-corrected chi connectivity index (χ1v) is 6.69. The molecule has 4 heteroatoms. The van der Waals surface area contributed by atoms with E-state index in [0.29, 0.717) is 5.56 Å². The molecule has 0 aliphatic carbocycles. The molecule has 20 heavy (non-hydrogen) atoms. The summed E-state index contributed by atoms with van der Waals surface area (Å²) in [7, 11) is 0. The molecule has 0 aliphatic rings. The first-order chi connectivity index (χ1) is 9.58.